The van der Waals surface area contributed by atoms with Crippen molar-refractivity contribution in [1.29, 1.82) is 0 Å². The van der Waals surface area contributed by atoms with E-state index in [1.165, 1.54) is 0 Å². The molecule has 2 nitrogen and oxygen atoms in total. The standard InChI is InChI=1S/C4H9FO2/c5-1-3-7-4-2-6/h6H,1-4H2. The number of aliphatic hydroxyl groups excluding tert-OH is 1. The van der Waals surface area contributed by atoms with E-state index in [0.717, 1.165) is 0 Å². The van der Waals surface area contributed by atoms with Crippen molar-refractivity contribution >= 4 is 0 Å². The SMILES string of the molecule is OCCOCCF. The van der Waals surface area contributed by atoms with E-state index in [-0.39, 0.29) is 19.8 Å². The lowest BCUT2D eigenvalue weighted by Gasteiger charge is -1.93. The van der Waals surface area contributed by atoms with Crippen LogP contribution in [0.15, 0.2) is 0 Å². The third-order valence-corrected chi connectivity index (χ3v) is 0.457. The van der Waals surface area contributed by atoms with Crippen LogP contribution in [0.5, 0.6) is 0 Å². The van der Waals surface area contributed by atoms with Gasteiger partial charge in [0.15, 0.2) is 0 Å². The normalized spacial score (nSPS) is 9.43. The lowest BCUT2D eigenvalue weighted by molar-refractivity contribution is 0.0828. The second-order valence-electron chi connectivity index (χ2n) is 1.02. The predicted molar refractivity (Wildman–Crippen MR) is 23.9 cm³/mol. The average Bonchev–Trinajstić information content (AvgIpc) is 1.69. The monoisotopic (exact) mass is 108 g/mol. The zero-order valence-electron chi connectivity index (χ0n) is 4.06. The molecular weight excluding hydrogens is 99.0 g/mol. The fourth-order valence-electron chi connectivity index (χ4n) is 0.221. The van der Waals surface area contributed by atoms with Gasteiger partial charge in [-0.05, 0) is 0 Å². The smallest absolute Gasteiger partial charge is 0.113 e. The van der Waals surface area contributed by atoms with Gasteiger partial charge in [0.1, 0.15) is 6.67 Å². The molecule has 0 aliphatic carbocycles. The van der Waals surface area contributed by atoms with Crippen LogP contribution in [0, 0.1) is 0 Å². The van der Waals surface area contributed by atoms with Gasteiger partial charge in [-0.2, -0.15) is 0 Å². The lowest BCUT2D eigenvalue weighted by Crippen LogP contribution is -2.01. The van der Waals surface area contributed by atoms with Crippen LogP contribution >= 0.6 is 0 Å². The Labute approximate surface area is 41.9 Å². The summed E-state index contributed by atoms with van der Waals surface area (Å²) in [6.45, 7) is -0.162. The summed E-state index contributed by atoms with van der Waals surface area (Å²) in [4.78, 5) is 0. The van der Waals surface area contributed by atoms with Crippen molar-refractivity contribution in [2.24, 2.45) is 0 Å². The van der Waals surface area contributed by atoms with Crippen LogP contribution in [0.1, 0.15) is 0 Å². The van der Waals surface area contributed by atoms with Gasteiger partial charge in [-0.3, -0.25) is 0 Å². The number of alkyl halides is 1. The number of hydrogen-bond acceptors (Lipinski definition) is 2. The Balaban J connectivity index is 2.45. The zero-order valence-corrected chi connectivity index (χ0v) is 4.06. The van der Waals surface area contributed by atoms with Crippen molar-refractivity contribution < 1.29 is 14.2 Å². The van der Waals surface area contributed by atoms with E-state index in [9.17, 15) is 4.39 Å². The Hall–Kier alpha value is -0.150. The van der Waals surface area contributed by atoms with Gasteiger partial charge in [0.25, 0.3) is 0 Å². The third kappa shape index (κ3) is 5.85. The highest BCUT2D eigenvalue weighted by molar-refractivity contribution is 4.24. The largest absolute Gasteiger partial charge is 0.394 e. The van der Waals surface area contributed by atoms with Crippen molar-refractivity contribution in [3.63, 3.8) is 0 Å². The van der Waals surface area contributed by atoms with Crippen LogP contribution in [-0.4, -0.2) is 31.6 Å². The minimum Gasteiger partial charge on any atom is -0.394 e. The maximum Gasteiger partial charge on any atom is 0.113 e. The second-order valence-corrected chi connectivity index (χ2v) is 1.02. The molecule has 0 aromatic carbocycles. The topological polar surface area (TPSA) is 29.5 Å². The van der Waals surface area contributed by atoms with Crippen molar-refractivity contribution in [2.45, 2.75) is 0 Å². The Kier molecular flexibility index (Phi) is 5.72. The Morgan fingerprint density at radius 3 is 2.57 bits per heavy atom. The van der Waals surface area contributed by atoms with E-state index in [4.69, 9.17) is 5.11 Å². The van der Waals surface area contributed by atoms with Gasteiger partial charge < -0.3 is 9.84 Å². The molecule has 0 saturated heterocycles. The fourth-order valence-corrected chi connectivity index (χ4v) is 0.221. The van der Waals surface area contributed by atoms with Crippen molar-refractivity contribution in [3.05, 3.63) is 0 Å². The molecule has 0 spiro atoms. The van der Waals surface area contributed by atoms with Gasteiger partial charge in [0.05, 0.1) is 19.8 Å². The molecule has 3 heteroatoms. The van der Waals surface area contributed by atoms with Gasteiger partial charge in [-0.15, -0.1) is 0 Å². The highest BCUT2D eigenvalue weighted by Gasteiger charge is 1.80. The summed E-state index contributed by atoms with van der Waals surface area (Å²) >= 11 is 0. The van der Waals surface area contributed by atoms with Crippen LogP contribution in [-0.2, 0) is 4.74 Å². The van der Waals surface area contributed by atoms with E-state index in [2.05, 4.69) is 4.74 Å². The molecule has 0 aliphatic rings. The van der Waals surface area contributed by atoms with E-state index >= 15 is 0 Å². The molecular formula is C4H9FO2. The van der Waals surface area contributed by atoms with Crippen LogP contribution in [0.3, 0.4) is 0 Å². The molecule has 0 unspecified atom stereocenters. The molecule has 0 bridgehead atoms. The first-order chi connectivity index (χ1) is 3.41. The molecule has 0 aromatic heterocycles. The summed E-state index contributed by atoms with van der Waals surface area (Å²) in [6.07, 6.45) is 0. The molecule has 0 aromatic rings. The lowest BCUT2D eigenvalue weighted by atomic mass is 10.7. The van der Waals surface area contributed by atoms with Crippen molar-refractivity contribution in [1.82, 2.24) is 0 Å². The summed E-state index contributed by atoms with van der Waals surface area (Å²) in [7, 11) is 0. The van der Waals surface area contributed by atoms with Crippen LogP contribution in [0.2, 0.25) is 0 Å². The Bertz CT molecular complexity index is 28.9. The molecule has 7 heavy (non-hydrogen) atoms. The van der Waals surface area contributed by atoms with Gasteiger partial charge in [0, 0.05) is 0 Å². The first-order valence-electron chi connectivity index (χ1n) is 2.16. The molecule has 0 atom stereocenters. The van der Waals surface area contributed by atoms with Crippen LogP contribution < -0.4 is 0 Å². The van der Waals surface area contributed by atoms with Gasteiger partial charge >= 0.3 is 0 Å². The van der Waals surface area contributed by atoms with Crippen molar-refractivity contribution in [3.8, 4) is 0 Å². The Morgan fingerprint density at radius 2 is 2.14 bits per heavy atom. The summed E-state index contributed by atoms with van der Waals surface area (Å²) < 4.78 is 15.6. The second kappa shape index (κ2) is 5.85. The van der Waals surface area contributed by atoms with Crippen molar-refractivity contribution in [2.75, 3.05) is 26.5 Å². The first kappa shape index (κ1) is 6.85. The van der Waals surface area contributed by atoms with E-state index in [1.54, 1.807) is 0 Å². The number of halogens is 1. The van der Waals surface area contributed by atoms with E-state index in [1.807, 2.05) is 0 Å². The van der Waals surface area contributed by atoms with E-state index < -0.39 is 6.67 Å². The highest BCUT2D eigenvalue weighted by atomic mass is 19.1. The summed E-state index contributed by atoms with van der Waals surface area (Å²) in [5.41, 5.74) is 0. The third-order valence-electron chi connectivity index (χ3n) is 0.457. The maximum absolute atomic E-state index is 11.1. The predicted octanol–water partition coefficient (Wildman–Crippen LogP) is -0.0352. The number of aliphatic hydroxyl groups is 1. The highest BCUT2D eigenvalue weighted by Crippen LogP contribution is 1.72. The number of ether oxygens (including phenoxy) is 1. The number of hydrogen-bond donors (Lipinski definition) is 1. The first-order valence-corrected chi connectivity index (χ1v) is 2.16. The molecule has 0 heterocycles. The van der Waals surface area contributed by atoms with Gasteiger partial charge in [0.2, 0.25) is 0 Å². The maximum atomic E-state index is 11.1. The van der Waals surface area contributed by atoms with Crippen LogP contribution in [0.4, 0.5) is 4.39 Å². The van der Waals surface area contributed by atoms with Gasteiger partial charge in [-0.25, -0.2) is 4.39 Å². The van der Waals surface area contributed by atoms with E-state index in [0.29, 0.717) is 0 Å². The molecule has 0 fully saturated rings. The molecule has 0 amide bonds. The summed E-state index contributed by atoms with van der Waals surface area (Å²) in [5.74, 6) is 0. The Morgan fingerprint density at radius 1 is 1.43 bits per heavy atom. The van der Waals surface area contributed by atoms with Gasteiger partial charge in [-0.1, -0.05) is 0 Å². The molecule has 0 rings (SSSR count). The quantitative estimate of drug-likeness (QED) is 0.512. The molecule has 0 saturated carbocycles. The average molecular weight is 108 g/mol. The molecule has 0 aliphatic heterocycles. The number of rotatable bonds is 4. The molecule has 1 N–H and O–H groups in total. The molecule has 44 valence electrons. The summed E-state index contributed by atoms with van der Waals surface area (Å²) in [5, 5.41) is 8.05. The summed E-state index contributed by atoms with van der Waals surface area (Å²) in [6, 6.07) is 0. The minimum absolute atomic E-state index is 0.0278. The zero-order chi connectivity index (χ0) is 5.54. The minimum atomic E-state index is -0.472. The fraction of sp³-hybridized carbons (Fsp3) is 1.00. The molecule has 0 radical (unpaired) electrons. The van der Waals surface area contributed by atoms with Crippen LogP contribution in [0.25, 0.3) is 0 Å².